The standard InChI is InChI=1S/C23H25F2N7S/c1-12-4-5-14(10-26-12)28-22-27-11-17(23(3,24)25)20(30-22)16-7-8-18-15(16)6-9-19(29-18)21-32-31-13(2)33-21/h6-7,9,11-12,14,26H,4-5,8,10H2,1-3H3,(H,27,28,30)/t12-,14-/m1/s1. The average Bonchev–Trinajstić information content (AvgIpc) is 3.40. The molecule has 3 aromatic rings. The van der Waals surface area contributed by atoms with Crippen molar-refractivity contribution in [2.24, 2.45) is 0 Å². The number of rotatable bonds is 5. The molecule has 0 saturated carbocycles. The van der Waals surface area contributed by atoms with Gasteiger partial charge in [0.1, 0.15) is 10.7 Å². The summed E-state index contributed by atoms with van der Waals surface area (Å²) in [7, 11) is 0. The van der Waals surface area contributed by atoms with Crippen molar-refractivity contribution in [1.29, 1.82) is 0 Å². The third kappa shape index (κ3) is 4.49. The van der Waals surface area contributed by atoms with Crippen LogP contribution in [0.1, 0.15) is 54.2 Å². The minimum atomic E-state index is -3.07. The number of fused-ring (bicyclic) bond motifs is 1. The summed E-state index contributed by atoms with van der Waals surface area (Å²) >= 11 is 1.47. The number of anilines is 1. The smallest absolute Gasteiger partial charge is 0.274 e. The zero-order valence-corrected chi connectivity index (χ0v) is 19.5. The average molecular weight is 470 g/mol. The highest BCUT2D eigenvalue weighted by atomic mass is 32.1. The number of pyridine rings is 1. The van der Waals surface area contributed by atoms with E-state index in [2.05, 4.69) is 37.7 Å². The fraction of sp³-hybridized carbons (Fsp3) is 0.435. The first-order valence-corrected chi connectivity index (χ1v) is 11.9. The molecule has 10 heteroatoms. The summed E-state index contributed by atoms with van der Waals surface area (Å²) in [6.07, 6.45) is 5.71. The van der Waals surface area contributed by atoms with Crippen molar-refractivity contribution in [3.8, 4) is 10.7 Å². The number of aryl methyl sites for hydroxylation is 1. The molecule has 3 aromatic heterocycles. The topological polar surface area (TPSA) is 88.5 Å². The van der Waals surface area contributed by atoms with Crippen LogP contribution in [0, 0.1) is 6.92 Å². The first-order chi connectivity index (χ1) is 15.8. The van der Waals surface area contributed by atoms with Gasteiger partial charge in [0, 0.05) is 49.3 Å². The zero-order valence-electron chi connectivity index (χ0n) is 18.7. The normalized spacial score (nSPS) is 20.5. The number of allylic oxidation sites excluding steroid dienone is 1. The number of aromatic nitrogens is 5. The monoisotopic (exact) mass is 469 g/mol. The molecule has 5 rings (SSSR count). The number of hydrogen-bond donors (Lipinski definition) is 2. The molecular formula is C23H25F2N7S. The number of hydrogen-bond acceptors (Lipinski definition) is 8. The van der Waals surface area contributed by atoms with Crippen LogP contribution in [0.15, 0.2) is 24.4 Å². The lowest BCUT2D eigenvalue weighted by atomic mass is 9.99. The van der Waals surface area contributed by atoms with Crippen LogP contribution in [0.5, 0.6) is 0 Å². The Morgan fingerprint density at radius 1 is 1.18 bits per heavy atom. The largest absolute Gasteiger partial charge is 0.350 e. The van der Waals surface area contributed by atoms with Gasteiger partial charge < -0.3 is 10.6 Å². The SMILES string of the molecule is Cc1nnc(-c2ccc3c(n2)CC=C3c2nc(N[C@@H]3CC[C@@H](C)NC3)ncc2C(C)(F)F)s1. The van der Waals surface area contributed by atoms with Gasteiger partial charge in [-0.05, 0) is 32.8 Å². The fourth-order valence-electron chi connectivity index (χ4n) is 4.24. The molecule has 172 valence electrons. The van der Waals surface area contributed by atoms with E-state index in [1.807, 2.05) is 25.1 Å². The lowest BCUT2D eigenvalue weighted by Gasteiger charge is -2.28. The molecule has 1 fully saturated rings. The van der Waals surface area contributed by atoms with Crippen LogP contribution in [0.4, 0.5) is 14.7 Å². The molecule has 2 aliphatic rings. The molecule has 7 nitrogen and oxygen atoms in total. The summed E-state index contributed by atoms with van der Waals surface area (Å²) in [4.78, 5) is 13.5. The third-order valence-corrected chi connectivity index (χ3v) is 6.88. The van der Waals surface area contributed by atoms with E-state index in [-0.39, 0.29) is 17.3 Å². The Morgan fingerprint density at radius 2 is 2.03 bits per heavy atom. The zero-order chi connectivity index (χ0) is 23.2. The molecule has 0 bridgehead atoms. The van der Waals surface area contributed by atoms with Gasteiger partial charge in [0.05, 0.1) is 17.0 Å². The van der Waals surface area contributed by atoms with E-state index in [9.17, 15) is 8.78 Å². The van der Waals surface area contributed by atoms with Crippen LogP contribution < -0.4 is 10.6 Å². The first kappa shape index (κ1) is 22.0. The molecule has 33 heavy (non-hydrogen) atoms. The maximum absolute atomic E-state index is 14.5. The summed E-state index contributed by atoms with van der Waals surface area (Å²) < 4.78 is 29.0. The quantitative estimate of drug-likeness (QED) is 0.574. The molecular weight excluding hydrogens is 444 g/mol. The molecule has 0 amide bonds. The van der Waals surface area contributed by atoms with E-state index >= 15 is 0 Å². The van der Waals surface area contributed by atoms with Crippen LogP contribution in [0.3, 0.4) is 0 Å². The van der Waals surface area contributed by atoms with Crippen LogP contribution in [0.25, 0.3) is 16.3 Å². The van der Waals surface area contributed by atoms with Crippen molar-refractivity contribution in [2.45, 2.75) is 58.0 Å². The number of piperidine rings is 1. The van der Waals surface area contributed by atoms with Crippen molar-refractivity contribution in [3.63, 3.8) is 0 Å². The summed E-state index contributed by atoms with van der Waals surface area (Å²) in [6.45, 7) is 5.71. The van der Waals surface area contributed by atoms with Crippen molar-refractivity contribution in [2.75, 3.05) is 11.9 Å². The van der Waals surface area contributed by atoms with Gasteiger partial charge in [-0.15, -0.1) is 10.2 Å². The van der Waals surface area contributed by atoms with E-state index in [1.54, 1.807) is 0 Å². The number of halogens is 2. The minimum absolute atomic E-state index is 0.159. The number of alkyl halides is 2. The van der Waals surface area contributed by atoms with Crippen molar-refractivity contribution in [1.82, 2.24) is 30.5 Å². The molecule has 0 radical (unpaired) electrons. The molecule has 0 unspecified atom stereocenters. The van der Waals surface area contributed by atoms with Gasteiger partial charge in [0.2, 0.25) is 5.95 Å². The van der Waals surface area contributed by atoms with Crippen LogP contribution in [0.2, 0.25) is 0 Å². The predicted molar refractivity (Wildman–Crippen MR) is 124 cm³/mol. The minimum Gasteiger partial charge on any atom is -0.350 e. The Hall–Kier alpha value is -2.85. The van der Waals surface area contributed by atoms with Crippen LogP contribution in [-0.2, 0) is 12.3 Å². The fourth-order valence-corrected chi connectivity index (χ4v) is 4.90. The maximum Gasteiger partial charge on any atom is 0.274 e. The van der Waals surface area contributed by atoms with Gasteiger partial charge in [-0.1, -0.05) is 23.5 Å². The summed E-state index contributed by atoms with van der Waals surface area (Å²) in [5, 5.41) is 16.6. The highest BCUT2D eigenvalue weighted by molar-refractivity contribution is 7.14. The summed E-state index contributed by atoms with van der Waals surface area (Å²) in [6, 6.07) is 4.40. The second-order valence-electron chi connectivity index (χ2n) is 8.71. The molecule has 2 atom stereocenters. The van der Waals surface area contributed by atoms with Gasteiger partial charge in [-0.25, -0.2) is 23.7 Å². The Labute approximate surface area is 194 Å². The summed E-state index contributed by atoms with van der Waals surface area (Å²) in [5.74, 6) is -2.71. The lowest BCUT2D eigenvalue weighted by Crippen LogP contribution is -2.43. The molecule has 2 N–H and O–H groups in total. The van der Waals surface area contributed by atoms with Gasteiger partial charge in [0.25, 0.3) is 5.92 Å². The van der Waals surface area contributed by atoms with E-state index in [0.29, 0.717) is 24.0 Å². The van der Waals surface area contributed by atoms with Gasteiger partial charge in [-0.3, -0.25) is 0 Å². The number of nitrogens with zero attached hydrogens (tertiary/aromatic N) is 5. The Morgan fingerprint density at radius 3 is 2.73 bits per heavy atom. The predicted octanol–water partition coefficient (Wildman–Crippen LogP) is 4.35. The highest BCUT2D eigenvalue weighted by Crippen LogP contribution is 2.39. The molecule has 4 heterocycles. The van der Waals surface area contributed by atoms with Crippen molar-refractivity contribution < 1.29 is 8.78 Å². The van der Waals surface area contributed by atoms with Crippen LogP contribution >= 0.6 is 11.3 Å². The number of nitrogens with one attached hydrogen (secondary N) is 2. The van der Waals surface area contributed by atoms with Gasteiger partial charge in [0.15, 0.2) is 5.01 Å². The Balaban J connectivity index is 1.48. The molecule has 1 aliphatic carbocycles. The maximum atomic E-state index is 14.5. The summed E-state index contributed by atoms with van der Waals surface area (Å²) in [5.41, 5.74) is 3.08. The Kier molecular flexibility index (Phi) is 5.65. The van der Waals surface area contributed by atoms with Crippen LogP contribution in [-0.4, -0.2) is 43.8 Å². The van der Waals surface area contributed by atoms with E-state index in [4.69, 9.17) is 4.98 Å². The van der Waals surface area contributed by atoms with Gasteiger partial charge in [-0.2, -0.15) is 0 Å². The van der Waals surface area contributed by atoms with E-state index < -0.39 is 5.92 Å². The van der Waals surface area contributed by atoms with Gasteiger partial charge >= 0.3 is 0 Å². The molecule has 1 aliphatic heterocycles. The second-order valence-corrected chi connectivity index (χ2v) is 9.89. The molecule has 1 saturated heterocycles. The third-order valence-electron chi connectivity index (χ3n) is 6.02. The first-order valence-electron chi connectivity index (χ1n) is 11.0. The van der Waals surface area contributed by atoms with Crippen molar-refractivity contribution in [3.05, 3.63) is 51.9 Å². The van der Waals surface area contributed by atoms with E-state index in [1.165, 1.54) is 17.5 Å². The van der Waals surface area contributed by atoms with Crippen molar-refractivity contribution >= 4 is 22.9 Å². The second kappa shape index (κ2) is 8.49. The molecule has 0 spiro atoms. The lowest BCUT2D eigenvalue weighted by molar-refractivity contribution is 0.0165. The van der Waals surface area contributed by atoms with E-state index in [0.717, 1.165) is 53.3 Å². The highest BCUT2D eigenvalue weighted by Gasteiger charge is 2.33. The molecule has 0 aromatic carbocycles. The Bertz CT molecular complexity index is 1210.